The summed E-state index contributed by atoms with van der Waals surface area (Å²) in [6.45, 7) is 4.17. The largest absolute Gasteiger partial charge is 0.271 e. The summed E-state index contributed by atoms with van der Waals surface area (Å²) in [5.41, 5.74) is 6.97. The summed E-state index contributed by atoms with van der Waals surface area (Å²) in [7, 11) is -2.03. The molecule has 0 fully saturated rings. The van der Waals surface area contributed by atoms with E-state index in [1.165, 1.54) is 9.88 Å². The second kappa shape index (κ2) is 8.71. The Bertz CT molecular complexity index is 1050. The van der Waals surface area contributed by atoms with Gasteiger partial charge in [-0.3, -0.25) is 4.79 Å². The van der Waals surface area contributed by atoms with Gasteiger partial charge in [0, 0.05) is 19.2 Å². The number of rotatable bonds is 6. The van der Waals surface area contributed by atoms with Gasteiger partial charge < -0.3 is 0 Å². The molecule has 0 saturated carbocycles. The predicted octanol–water partition coefficient (Wildman–Crippen LogP) is 3.64. The van der Waals surface area contributed by atoms with Crippen molar-refractivity contribution in [3.8, 4) is 0 Å². The third kappa shape index (κ3) is 5.19. The first kappa shape index (κ1) is 21.0. The van der Waals surface area contributed by atoms with E-state index in [0.717, 1.165) is 29.7 Å². The van der Waals surface area contributed by atoms with Gasteiger partial charge in [0.25, 0.3) is 5.91 Å². The van der Waals surface area contributed by atoms with Gasteiger partial charge in [-0.2, -0.15) is 9.41 Å². The molecule has 0 atom stereocenters. The van der Waals surface area contributed by atoms with Gasteiger partial charge in [0.2, 0.25) is 10.0 Å². The average Bonchev–Trinajstić information content (AvgIpc) is 3.12. The van der Waals surface area contributed by atoms with Crippen LogP contribution in [-0.2, 0) is 16.6 Å². The number of carbonyl (C=O) groups is 1. The van der Waals surface area contributed by atoms with Gasteiger partial charge in [-0.05, 0) is 62.6 Å². The van der Waals surface area contributed by atoms with Crippen molar-refractivity contribution in [2.24, 2.45) is 5.10 Å². The zero-order valence-electron chi connectivity index (χ0n) is 16.8. The molecule has 1 amide bonds. The van der Waals surface area contributed by atoms with E-state index >= 15 is 0 Å². The normalized spacial score (nSPS) is 15.6. The Kier molecular flexibility index (Phi) is 6.30. The van der Waals surface area contributed by atoms with Crippen LogP contribution in [0.3, 0.4) is 0 Å². The first-order chi connectivity index (χ1) is 13.8. The molecule has 0 saturated heterocycles. The summed E-state index contributed by atoms with van der Waals surface area (Å²) >= 11 is 0. The minimum Gasteiger partial charge on any atom is -0.267 e. The molecule has 1 aliphatic rings. The Morgan fingerprint density at radius 3 is 2.28 bits per heavy atom. The van der Waals surface area contributed by atoms with Crippen molar-refractivity contribution in [3.63, 3.8) is 0 Å². The van der Waals surface area contributed by atoms with Crippen molar-refractivity contribution in [1.29, 1.82) is 0 Å². The number of aryl methyl sites for hydroxylation is 1. The second-order valence-corrected chi connectivity index (χ2v) is 9.35. The highest BCUT2D eigenvalue weighted by Gasteiger charge is 2.20. The summed E-state index contributed by atoms with van der Waals surface area (Å²) in [4.78, 5) is 12.5. The van der Waals surface area contributed by atoms with Crippen LogP contribution in [0.4, 0.5) is 0 Å². The summed E-state index contributed by atoms with van der Waals surface area (Å²) < 4.78 is 26.7. The molecule has 0 unspecified atom stereocenters. The van der Waals surface area contributed by atoms with Crippen LogP contribution in [0, 0.1) is 6.92 Å². The lowest BCUT2D eigenvalue weighted by Gasteiger charge is -2.17. The van der Waals surface area contributed by atoms with Gasteiger partial charge in [0.05, 0.1) is 10.6 Å². The SMILES string of the molecule is CC1=C/C(=N\NC(=O)c2ccc(CN(C)S(=O)(=O)c3ccc(C)cc3)cc2)CC1. The Morgan fingerprint density at radius 1 is 1.03 bits per heavy atom. The van der Waals surface area contributed by atoms with Gasteiger partial charge in [-0.25, -0.2) is 13.8 Å². The van der Waals surface area contributed by atoms with Crippen molar-refractivity contribution >= 4 is 21.6 Å². The summed E-state index contributed by atoms with van der Waals surface area (Å²) in [6.07, 6.45) is 3.79. The topological polar surface area (TPSA) is 78.8 Å². The summed E-state index contributed by atoms with van der Waals surface area (Å²) in [6, 6.07) is 13.6. The zero-order valence-corrected chi connectivity index (χ0v) is 17.7. The molecular weight excluding hydrogens is 386 g/mol. The van der Waals surface area contributed by atoms with E-state index in [2.05, 4.69) is 10.5 Å². The van der Waals surface area contributed by atoms with E-state index in [1.54, 1.807) is 55.6 Å². The highest BCUT2D eigenvalue weighted by molar-refractivity contribution is 7.89. The molecule has 1 aliphatic carbocycles. The van der Waals surface area contributed by atoms with Crippen molar-refractivity contribution in [3.05, 3.63) is 76.9 Å². The number of amides is 1. The molecule has 0 spiro atoms. The smallest absolute Gasteiger partial charge is 0.267 e. The molecule has 0 radical (unpaired) electrons. The van der Waals surface area contributed by atoms with E-state index < -0.39 is 10.0 Å². The van der Waals surface area contributed by atoms with Crippen molar-refractivity contribution in [1.82, 2.24) is 9.73 Å². The number of hydrazone groups is 1. The van der Waals surface area contributed by atoms with E-state index in [4.69, 9.17) is 0 Å². The quantitative estimate of drug-likeness (QED) is 0.737. The number of sulfonamides is 1. The number of nitrogens with zero attached hydrogens (tertiary/aromatic N) is 2. The first-order valence-corrected chi connectivity index (χ1v) is 10.9. The number of nitrogens with one attached hydrogen (secondary N) is 1. The molecule has 1 N–H and O–H groups in total. The third-order valence-corrected chi connectivity index (χ3v) is 6.66. The van der Waals surface area contributed by atoms with Crippen molar-refractivity contribution in [2.45, 2.75) is 38.1 Å². The molecule has 0 bridgehead atoms. The lowest BCUT2D eigenvalue weighted by atomic mass is 10.1. The van der Waals surface area contributed by atoms with Gasteiger partial charge in [-0.15, -0.1) is 0 Å². The van der Waals surface area contributed by atoms with E-state index in [0.29, 0.717) is 5.56 Å². The molecule has 29 heavy (non-hydrogen) atoms. The third-order valence-electron chi connectivity index (χ3n) is 4.84. The van der Waals surface area contributed by atoms with Crippen LogP contribution in [0.25, 0.3) is 0 Å². The highest BCUT2D eigenvalue weighted by Crippen LogP contribution is 2.18. The van der Waals surface area contributed by atoms with Gasteiger partial charge in [-0.1, -0.05) is 35.4 Å². The maximum atomic E-state index is 12.7. The van der Waals surface area contributed by atoms with Crippen LogP contribution in [0.15, 0.2) is 70.2 Å². The monoisotopic (exact) mass is 411 g/mol. The first-order valence-electron chi connectivity index (χ1n) is 9.42. The number of allylic oxidation sites excluding steroid dienone is 2. The second-order valence-electron chi connectivity index (χ2n) is 7.31. The van der Waals surface area contributed by atoms with E-state index in [9.17, 15) is 13.2 Å². The van der Waals surface area contributed by atoms with Gasteiger partial charge in [0.15, 0.2) is 0 Å². The highest BCUT2D eigenvalue weighted by atomic mass is 32.2. The van der Waals surface area contributed by atoms with Crippen molar-refractivity contribution in [2.75, 3.05) is 7.05 Å². The summed E-state index contributed by atoms with van der Waals surface area (Å²) in [5.74, 6) is -0.289. The number of hydrogen-bond acceptors (Lipinski definition) is 4. The van der Waals surface area contributed by atoms with E-state index in [-0.39, 0.29) is 17.3 Å². The lowest BCUT2D eigenvalue weighted by molar-refractivity contribution is 0.0954. The zero-order chi connectivity index (χ0) is 21.0. The molecule has 2 aromatic rings. The Labute approximate surface area is 172 Å². The Hall–Kier alpha value is -2.77. The number of carbonyl (C=O) groups excluding carboxylic acids is 1. The van der Waals surface area contributed by atoms with Crippen LogP contribution < -0.4 is 5.43 Å². The van der Waals surface area contributed by atoms with Crippen LogP contribution in [-0.4, -0.2) is 31.4 Å². The molecule has 152 valence electrons. The standard InChI is InChI=1S/C22H25N3O3S/c1-16-5-12-21(13-6-16)29(27,28)25(3)15-18-7-9-19(10-8-18)22(26)24-23-20-11-4-17(2)14-20/h5-10,12-14H,4,11,15H2,1-3H3,(H,24,26)/b23-20-. The molecule has 0 aliphatic heterocycles. The van der Waals surface area contributed by atoms with Crippen LogP contribution in [0.1, 0.15) is 41.3 Å². The molecular formula is C22H25N3O3S. The minimum atomic E-state index is -3.57. The average molecular weight is 412 g/mol. The lowest BCUT2D eigenvalue weighted by Crippen LogP contribution is -2.26. The predicted molar refractivity (Wildman–Crippen MR) is 114 cm³/mol. The maximum Gasteiger partial charge on any atom is 0.271 e. The van der Waals surface area contributed by atoms with Crippen molar-refractivity contribution < 1.29 is 13.2 Å². The minimum absolute atomic E-state index is 0.213. The summed E-state index contributed by atoms with van der Waals surface area (Å²) in [5, 5.41) is 4.15. The molecule has 0 aromatic heterocycles. The van der Waals surface area contributed by atoms with Gasteiger partial charge in [0.1, 0.15) is 0 Å². The Balaban J connectivity index is 1.64. The fourth-order valence-corrected chi connectivity index (χ4v) is 4.18. The molecule has 0 heterocycles. The fourth-order valence-electron chi connectivity index (χ4n) is 3.02. The molecule has 3 rings (SSSR count). The molecule has 6 nitrogen and oxygen atoms in total. The number of hydrogen-bond donors (Lipinski definition) is 1. The maximum absolute atomic E-state index is 12.7. The Morgan fingerprint density at radius 2 is 1.69 bits per heavy atom. The van der Waals surface area contributed by atoms with E-state index in [1.807, 2.05) is 19.9 Å². The van der Waals surface area contributed by atoms with Crippen LogP contribution in [0.2, 0.25) is 0 Å². The molecule has 2 aromatic carbocycles. The molecule has 7 heteroatoms. The van der Waals surface area contributed by atoms with Gasteiger partial charge >= 0.3 is 0 Å². The number of benzene rings is 2. The van der Waals surface area contributed by atoms with Crippen LogP contribution in [0.5, 0.6) is 0 Å². The van der Waals surface area contributed by atoms with Crippen LogP contribution >= 0.6 is 0 Å². The fraction of sp³-hybridized carbons (Fsp3) is 0.273.